The number of Topliss-reactive ketones (excluding diaryl/α,β-unsaturated/α-hetero) is 1. The molecule has 0 saturated carbocycles. The predicted octanol–water partition coefficient (Wildman–Crippen LogP) is 4.69. The average molecular weight is 405 g/mol. The number of rotatable bonds is 4. The smallest absolute Gasteiger partial charge is 0.300 e. The highest BCUT2D eigenvalue weighted by molar-refractivity contribution is 7.10. The summed E-state index contributed by atoms with van der Waals surface area (Å²) in [5, 5.41) is 12.9. The average Bonchev–Trinajstić information content (AvgIpc) is 3.35. The molecule has 1 amide bonds. The van der Waals surface area contributed by atoms with Crippen LogP contribution in [0.5, 0.6) is 5.75 Å². The third-order valence-corrected chi connectivity index (χ3v) is 5.86. The summed E-state index contributed by atoms with van der Waals surface area (Å²) in [4.78, 5) is 28.2. The Labute approximate surface area is 172 Å². The zero-order valence-corrected chi connectivity index (χ0v) is 16.8. The molecule has 2 aromatic carbocycles. The fourth-order valence-electron chi connectivity index (χ4n) is 3.42. The number of benzene rings is 2. The Kier molecular flexibility index (Phi) is 4.94. The molecule has 1 aliphatic heterocycles. The molecule has 1 atom stereocenters. The Hall–Kier alpha value is -3.38. The molecule has 29 heavy (non-hydrogen) atoms. The largest absolute Gasteiger partial charge is 0.507 e. The van der Waals surface area contributed by atoms with Crippen LogP contribution in [0.1, 0.15) is 22.0 Å². The number of anilines is 1. The van der Waals surface area contributed by atoms with E-state index in [1.807, 2.05) is 36.6 Å². The minimum absolute atomic E-state index is 0.0946. The number of carbonyl (C=O) groups is 2. The first-order valence-corrected chi connectivity index (χ1v) is 9.94. The number of methoxy groups -OCH3 is 1. The monoisotopic (exact) mass is 405 g/mol. The van der Waals surface area contributed by atoms with Crippen LogP contribution < -0.4 is 9.64 Å². The van der Waals surface area contributed by atoms with E-state index in [0.717, 1.165) is 10.4 Å². The number of aliphatic hydroxyl groups excluding tert-OH is 1. The van der Waals surface area contributed by atoms with Gasteiger partial charge in [0.15, 0.2) is 0 Å². The van der Waals surface area contributed by atoms with Crippen molar-refractivity contribution in [3.8, 4) is 5.75 Å². The van der Waals surface area contributed by atoms with Gasteiger partial charge < -0.3 is 9.84 Å². The van der Waals surface area contributed by atoms with Crippen molar-refractivity contribution in [3.05, 3.63) is 87.6 Å². The summed E-state index contributed by atoms with van der Waals surface area (Å²) in [5.74, 6) is -0.880. The standard InChI is InChI=1S/C23H19NO4S/c1-14-5-7-15(8-6-14)21(25)19-20(18-4-3-13-29-18)24(23(27)22(19)26)16-9-11-17(28-2)12-10-16/h3-13,20,25H,1-2H3/b21-19-. The molecule has 1 saturated heterocycles. The van der Waals surface area contributed by atoms with Gasteiger partial charge in [0.2, 0.25) is 0 Å². The van der Waals surface area contributed by atoms with Crippen molar-refractivity contribution in [1.29, 1.82) is 0 Å². The second-order valence-corrected chi connectivity index (χ2v) is 7.73. The number of thiophene rings is 1. The van der Waals surface area contributed by atoms with E-state index in [1.54, 1.807) is 43.5 Å². The normalized spacial score (nSPS) is 18.3. The summed E-state index contributed by atoms with van der Waals surface area (Å²) < 4.78 is 5.19. The molecule has 0 aliphatic carbocycles. The van der Waals surface area contributed by atoms with E-state index in [0.29, 0.717) is 17.0 Å². The Balaban J connectivity index is 1.88. The molecular formula is C23H19NO4S. The molecule has 146 valence electrons. The van der Waals surface area contributed by atoms with Crippen molar-refractivity contribution in [2.24, 2.45) is 0 Å². The predicted molar refractivity (Wildman–Crippen MR) is 113 cm³/mol. The van der Waals surface area contributed by atoms with Crippen LogP contribution in [0.25, 0.3) is 5.76 Å². The quantitative estimate of drug-likeness (QED) is 0.388. The molecule has 3 aromatic rings. The number of aliphatic hydroxyl groups is 1. The van der Waals surface area contributed by atoms with Crippen LogP contribution in [0, 0.1) is 6.92 Å². The van der Waals surface area contributed by atoms with Crippen LogP contribution >= 0.6 is 11.3 Å². The minimum Gasteiger partial charge on any atom is -0.507 e. The lowest BCUT2D eigenvalue weighted by atomic mass is 9.99. The zero-order valence-electron chi connectivity index (χ0n) is 16.0. The number of aryl methyl sites for hydroxylation is 1. The third-order valence-electron chi connectivity index (χ3n) is 4.93. The summed E-state index contributed by atoms with van der Waals surface area (Å²) >= 11 is 1.43. The lowest BCUT2D eigenvalue weighted by Crippen LogP contribution is -2.29. The highest BCUT2D eigenvalue weighted by Gasteiger charge is 2.47. The molecule has 1 aliphatic rings. The van der Waals surface area contributed by atoms with Gasteiger partial charge in [-0.3, -0.25) is 14.5 Å². The van der Waals surface area contributed by atoms with Gasteiger partial charge in [-0.15, -0.1) is 11.3 Å². The van der Waals surface area contributed by atoms with Crippen molar-refractivity contribution < 1.29 is 19.4 Å². The van der Waals surface area contributed by atoms with Crippen LogP contribution in [0.2, 0.25) is 0 Å². The summed E-state index contributed by atoms with van der Waals surface area (Å²) in [7, 11) is 1.56. The SMILES string of the molecule is COc1ccc(N2C(=O)C(=O)/C(=C(\O)c3ccc(C)cc3)C2c2cccs2)cc1. The molecule has 0 bridgehead atoms. The fraction of sp³-hybridized carbons (Fsp3) is 0.130. The van der Waals surface area contributed by atoms with E-state index < -0.39 is 17.7 Å². The second-order valence-electron chi connectivity index (χ2n) is 6.75. The van der Waals surface area contributed by atoms with E-state index in [4.69, 9.17) is 4.74 Å². The van der Waals surface area contributed by atoms with E-state index >= 15 is 0 Å². The third kappa shape index (κ3) is 3.32. The van der Waals surface area contributed by atoms with Gasteiger partial charge in [-0.25, -0.2) is 0 Å². The van der Waals surface area contributed by atoms with E-state index in [1.165, 1.54) is 16.2 Å². The van der Waals surface area contributed by atoms with Gasteiger partial charge in [0.25, 0.3) is 11.7 Å². The molecule has 0 spiro atoms. The number of amides is 1. The Morgan fingerprint density at radius 2 is 1.72 bits per heavy atom. The fourth-order valence-corrected chi connectivity index (χ4v) is 4.25. The number of hydrogen-bond acceptors (Lipinski definition) is 5. The maximum Gasteiger partial charge on any atom is 0.300 e. The topological polar surface area (TPSA) is 66.8 Å². The molecule has 1 N–H and O–H groups in total. The van der Waals surface area contributed by atoms with Gasteiger partial charge in [0.05, 0.1) is 12.7 Å². The second kappa shape index (κ2) is 7.56. The van der Waals surface area contributed by atoms with Gasteiger partial charge in [0.1, 0.15) is 17.6 Å². The van der Waals surface area contributed by atoms with Crippen LogP contribution in [0.3, 0.4) is 0 Å². The van der Waals surface area contributed by atoms with E-state index in [-0.39, 0.29) is 11.3 Å². The number of ketones is 1. The van der Waals surface area contributed by atoms with Crippen LogP contribution in [0.4, 0.5) is 5.69 Å². The molecule has 6 heteroatoms. The summed E-state index contributed by atoms with van der Waals surface area (Å²) in [6.45, 7) is 1.94. The number of nitrogens with zero attached hydrogens (tertiary/aromatic N) is 1. The van der Waals surface area contributed by atoms with Crippen molar-refractivity contribution in [3.63, 3.8) is 0 Å². The van der Waals surface area contributed by atoms with Crippen molar-refractivity contribution in [2.45, 2.75) is 13.0 Å². The molecule has 1 fully saturated rings. The Morgan fingerprint density at radius 3 is 2.31 bits per heavy atom. The summed E-state index contributed by atoms with van der Waals surface area (Å²) in [6.07, 6.45) is 0. The number of carbonyl (C=O) groups excluding carboxylic acids is 2. The lowest BCUT2D eigenvalue weighted by Gasteiger charge is -2.24. The molecule has 1 unspecified atom stereocenters. The summed E-state index contributed by atoms with van der Waals surface area (Å²) in [6, 6.07) is 17.2. The molecule has 4 rings (SSSR count). The first-order chi connectivity index (χ1) is 14.0. The highest BCUT2D eigenvalue weighted by Crippen LogP contribution is 2.43. The molecule has 0 radical (unpaired) electrons. The van der Waals surface area contributed by atoms with Gasteiger partial charge in [-0.2, -0.15) is 0 Å². The molecule has 2 heterocycles. The van der Waals surface area contributed by atoms with Crippen LogP contribution in [-0.2, 0) is 9.59 Å². The molecule has 5 nitrogen and oxygen atoms in total. The minimum atomic E-state index is -0.697. The number of hydrogen-bond donors (Lipinski definition) is 1. The van der Waals surface area contributed by atoms with Crippen LogP contribution in [-0.4, -0.2) is 23.9 Å². The van der Waals surface area contributed by atoms with Crippen molar-refractivity contribution >= 4 is 34.5 Å². The van der Waals surface area contributed by atoms with E-state index in [2.05, 4.69) is 0 Å². The zero-order chi connectivity index (χ0) is 20.5. The van der Waals surface area contributed by atoms with Gasteiger partial charge in [0, 0.05) is 16.1 Å². The van der Waals surface area contributed by atoms with Gasteiger partial charge >= 0.3 is 0 Å². The number of ether oxygens (including phenoxy) is 1. The highest BCUT2D eigenvalue weighted by atomic mass is 32.1. The van der Waals surface area contributed by atoms with Gasteiger partial charge in [-0.05, 0) is 42.6 Å². The van der Waals surface area contributed by atoms with Crippen LogP contribution in [0.15, 0.2) is 71.6 Å². The van der Waals surface area contributed by atoms with E-state index in [9.17, 15) is 14.7 Å². The Morgan fingerprint density at radius 1 is 1.03 bits per heavy atom. The lowest BCUT2D eigenvalue weighted by molar-refractivity contribution is -0.132. The summed E-state index contributed by atoms with van der Waals surface area (Å²) in [5.41, 5.74) is 2.20. The first kappa shape index (κ1) is 19.0. The molecular weight excluding hydrogens is 386 g/mol. The maximum absolute atomic E-state index is 13.0. The van der Waals surface area contributed by atoms with Gasteiger partial charge in [-0.1, -0.05) is 35.9 Å². The van der Waals surface area contributed by atoms with Crippen molar-refractivity contribution in [2.75, 3.05) is 12.0 Å². The van der Waals surface area contributed by atoms with Crippen molar-refractivity contribution in [1.82, 2.24) is 0 Å². The first-order valence-electron chi connectivity index (χ1n) is 9.06. The maximum atomic E-state index is 13.0. The Bertz CT molecular complexity index is 1080. The molecule has 1 aromatic heterocycles.